The van der Waals surface area contributed by atoms with Crippen LogP contribution in [-0.4, -0.2) is 25.2 Å². The van der Waals surface area contributed by atoms with Crippen LogP contribution in [0.15, 0.2) is 82.2 Å². The number of rotatable bonds is 8. The van der Waals surface area contributed by atoms with Crippen LogP contribution in [-0.2, 0) is 27.9 Å². The molecule has 5 nitrogen and oxygen atoms in total. The van der Waals surface area contributed by atoms with Crippen LogP contribution in [0.2, 0.25) is 5.02 Å². The third kappa shape index (κ3) is 6.40. The Morgan fingerprint density at radius 2 is 1.65 bits per heavy atom. The maximum atomic E-state index is 13.3. The number of hydrogen-bond acceptors (Lipinski definition) is 3. The summed E-state index contributed by atoms with van der Waals surface area (Å²) in [5.41, 5.74) is 2.63. The average molecular weight is 522 g/mol. The summed E-state index contributed by atoms with van der Waals surface area (Å²) in [6, 6.07) is 21.1. The first-order valence-corrected chi connectivity index (χ1v) is 12.2. The lowest BCUT2D eigenvalue weighted by Crippen LogP contribution is -2.40. The molecule has 0 aromatic heterocycles. The molecule has 0 fully saturated rings. The van der Waals surface area contributed by atoms with Crippen molar-refractivity contribution >= 4 is 43.5 Å². The molecule has 3 aromatic carbocycles. The lowest BCUT2D eigenvalue weighted by Gasteiger charge is -2.22. The van der Waals surface area contributed by atoms with E-state index in [1.54, 1.807) is 18.2 Å². The Kier molecular flexibility index (Phi) is 7.89. The van der Waals surface area contributed by atoms with E-state index in [9.17, 15) is 13.2 Å². The summed E-state index contributed by atoms with van der Waals surface area (Å²) in [6.07, 6.45) is 0. The number of aryl methyl sites for hydroxylation is 1. The standard InChI is InChI=1S/C23H22BrClN2O3S/c1-17-6-8-18(9-7-17)15-27(31(29,30)21-12-10-20(24)11-13-21)16-23(28)26-14-19-4-2-3-5-22(19)25/h2-13H,14-16H2,1H3,(H,26,28). The minimum absolute atomic E-state index is 0.0815. The first-order valence-electron chi connectivity index (χ1n) is 9.57. The highest BCUT2D eigenvalue weighted by Crippen LogP contribution is 2.21. The molecular weight excluding hydrogens is 500 g/mol. The van der Waals surface area contributed by atoms with E-state index in [0.29, 0.717) is 5.02 Å². The molecule has 0 atom stereocenters. The fraction of sp³-hybridized carbons (Fsp3) is 0.174. The molecular formula is C23H22BrClN2O3S. The Balaban J connectivity index is 1.81. The molecule has 0 unspecified atom stereocenters. The van der Waals surface area contributed by atoms with Crippen molar-refractivity contribution in [1.29, 1.82) is 0 Å². The van der Waals surface area contributed by atoms with Gasteiger partial charge in [-0.3, -0.25) is 4.79 Å². The molecule has 0 aliphatic carbocycles. The SMILES string of the molecule is Cc1ccc(CN(CC(=O)NCc2ccccc2Cl)S(=O)(=O)c2ccc(Br)cc2)cc1. The fourth-order valence-corrected chi connectivity index (χ4v) is 4.78. The summed E-state index contributed by atoms with van der Waals surface area (Å²) < 4.78 is 28.5. The minimum Gasteiger partial charge on any atom is -0.351 e. The van der Waals surface area contributed by atoms with Gasteiger partial charge in [0.2, 0.25) is 15.9 Å². The van der Waals surface area contributed by atoms with E-state index in [0.717, 1.165) is 21.2 Å². The predicted molar refractivity (Wildman–Crippen MR) is 126 cm³/mol. The number of halogens is 2. The molecule has 162 valence electrons. The van der Waals surface area contributed by atoms with Gasteiger partial charge in [-0.15, -0.1) is 0 Å². The van der Waals surface area contributed by atoms with Crippen molar-refractivity contribution in [2.45, 2.75) is 24.9 Å². The molecule has 0 radical (unpaired) electrons. The summed E-state index contributed by atoms with van der Waals surface area (Å²) in [6.45, 7) is 1.95. The Morgan fingerprint density at radius 3 is 2.29 bits per heavy atom. The van der Waals surface area contributed by atoms with Crippen LogP contribution >= 0.6 is 27.5 Å². The van der Waals surface area contributed by atoms with E-state index < -0.39 is 15.9 Å². The van der Waals surface area contributed by atoms with Gasteiger partial charge in [0.05, 0.1) is 11.4 Å². The smallest absolute Gasteiger partial charge is 0.243 e. The molecule has 3 rings (SSSR count). The van der Waals surface area contributed by atoms with E-state index in [1.807, 2.05) is 49.4 Å². The van der Waals surface area contributed by atoms with Gasteiger partial charge in [-0.2, -0.15) is 4.31 Å². The van der Waals surface area contributed by atoms with Gasteiger partial charge >= 0.3 is 0 Å². The van der Waals surface area contributed by atoms with Gasteiger partial charge < -0.3 is 5.32 Å². The highest BCUT2D eigenvalue weighted by Gasteiger charge is 2.27. The molecule has 1 N–H and O–H groups in total. The van der Waals surface area contributed by atoms with E-state index in [2.05, 4.69) is 21.2 Å². The Labute approximate surface area is 196 Å². The molecule has 0 spiro atoms. The predicted octanol–water partition coefficient (Wildman–Crippen LogP) is 4.92. The summed E-state index contributed by atoms with van der Waals surface area (Å²) >= 11 is 9.45. The molecule has 0 aliphatic rings. The number of benzene rings is 3. The van der Waals surface area contributed by atoms with Crippen molar-refractivity contribution in [3.8, 4) is 0 Å². The largest absolute Gasteiger partial charge is 0.351 e. The highest BCUT2D eigenvalue weighted by molar-refractivity contribution is 9.10. The second kappa shape index (κ2) is 10.4. The number of nitrogens with one attached hydrogen (secondary N) is 1. The molecule has 0 bridgehead atoms. The van der Waals surface area contributed by atoms with Crippen LogP contribution in [0.25, 0.3) is 0 Å². The summed E-state index contributed by atoms with van der Waals surface area (Å²) in [5, 5.41) is 3.30. The second-order valence-corrected chi connectivity index (χ2v) is 10.3. The molecule has 31 heavy (non-hydrogen) atoms. The monoisotopic (exact) mass is 520 g/mol. The number of sulfonamides is 1. The number of nitrogens with zero attached hydrogens (tertiary/aromatic N) is 1. The first kappa shape index (κ1) is 23.5. The van der Waals surface area contributed by atoms with Crippen LogP contribution in [0.5, 0.6) is 0 Å². The Hall–Kier alpha value is -2.19. The van der Waals surface area contributed by atoms with Gasteiger partial charge in [-0.25, -0.2) is 8.42 Å². The average Bonchev–Trinajstić information content (AvgIpc) is 2.74. The Bertz CT molecular complexity index is 1150. The van der Waals surface area contributed by atoms with Crippen LogP contribution in [0.4, 0.5) is 0 Å². The maximum Gasteiger partial charge on any atom is 0.243 e. The van der Waals surface area contributed by atoms with Crippen molar-refractivity contribution in [1.82, 2.24) is 9.62 Å². The molecule has 0 heterocycles. The summed E-state index contributed by atoms with van der Waals surface area (Å²) in [4.78, 5) is 12.8. The van der Waals surface area contributed by atoms with Crippen molar-refractivity contribution < 1.29 is 13.2 Å². The zero-order valence-electron chi connectivity index (χ0n) is 16.9. The lowest BCUT2D eigenvalue weighted by atomic mass is 10.1. The molecule has 1 amide bonds. The van der Waals surface area contributed by atoms with Gasteiger partial charge in [0.15, 0.2) is 0 Å². The van der Waals surface area contributed by atoms with Gasteiger partial charge in [0.25, 0.3) is 0 Å². The highest BCUT2D eigenvalue weighted by atomic mass is 79.9. The summed E-state index contributed by atoms with van der Waals surface area (Å²) in [7, 11) is -3.89. The Morgan fingerprint density at radius 1 is 1.00 bits per heavy atom. The fourth-order valence-electron chi connectivity index (χ4n) is 2.93. The summed E-state index contributed by atoms with van der Waals surface area (Å²) in [5.74, 6) is -0.410. The minimum atomic E-state index is -3.89. The van der Waals surface area contributed by atoms with Gasteiger partial charge in [-0.1, -0.05) is 75.6 Å². The van der Waals surface area contributed by atoms with Crippen molar-refractivity contribution in [2.75, 3.05) is 6.54 Å². The van der Waals surface area contributed by atoms with Crippen molar-refractivity contribution in [3.05, 3.63) is 99.0 Å². The van der Waals surface area contributed by atoms with Crippen LogP contribution in [0, 0.1) is 6.92 Å². The topological polar surface area (TPSA) is 66.5 Å². The molecule has 0 saturated carbocycles. The molecule has 0 aliphatic heterocycles. The maximum absolute atomic E-state index is 13.3. The number of hydrogen-bond donors (Lipinski definition) is 1. The quantitative estimate of drug-likeness (QED) is 0.458. The van der Waals surface area contributed by atoms with Crippen LogP contribution < -0.4 is 5.32 Å². The van der Waals surface area contributed by atoms with E-state index in [4.69, 9.17) is 11.6 Å². The van der Waals surface area contributed by atoms with Crippen molar-refractivity contribution in [3.63, 3.8) is 0 Å². The zero-order chi connectivity index (χ0) is 22.4. The van der Waals surface area contributed by atoms with Gasteiger partial charge in [-0.05, 0) is 48.4 Å². The second-order valence-electron chi connectivity index (χ2n) is 7.08. The molecule has 3 aromatic rings. The van der Waals surface area contributed by atoms with E-state index in [-0.39, 0.29) is 24.5 Å². The number of carbonyl (C=O) groups is 1. The number of amides is 1. The molecule has 0 saturated heterocycles. The van der Waals surface area contributed by atoms with Gasteiger partial charge in [0, 0.05) is 22.6 Å². The third-order valence-corrected chi connectivity index (χ3v) is 7.39. The van der Waals surface area contributed by atoms with Crippen LogP contribution in [0.3, 0.4) is 0 Å². The normalized spacial score (nSPS) is 11.5. The zero-order valence-corrected chi connectivity index (χ0v) is 20.0. The number of carbonyl (C=O) groups excluding carboxylic acids is 1. The van der Waals surface area contributed by atoms with Crippen LogP contribution in [0.1, 0.15) is 16.7 Å². The first-order chi connectivity index (χ1) is 14.8. The van der Waals surface area contributed by atoms with E-state index >= 15 is 0 Å². The van der Waals surface area contributed by atoms with E-state index in [1.165, 1.54) is 16.4 Å². The van der Waals surface area contributed by atoms with Crippen molar-refractivity contribution in [2.24, 2.45) is 0 Å². The third-order valence-electron chi connectivity index (χ3n) is 4.68. The lowest BCUT2D eigenvalue weighted by molar-refractivity contribution is -0.121. The van der Waals surface area contributed by atoms with Gasteiger partial charge in [0.1, 0.15) is 0 Å². The molecule has 8 heteroatoms.